The molecule has 2 unspecified atom stereocenters. The minimum Gasteiger partial charge on any atom is -0.313 e. The molecule has 0 spiro atoms. The van der Waals surface area contributed by atoms with E-state index in [0.717, 1.165) is 0 Å². The molecule has 1 aliphatic carbocycles. The van der Waals surface area contributed by atoms with E-state index in [2.05, 4.69) is 49.2 Å². The van der Waals surface area contributed by atoms with Gasteiger partial charge in [-0.3, -0.25) is 4.90 Å². The first-order chi connectivity index (χ1) is 10.1. The third-order valence-electron chi connectivity index (χ3n) is 5.25. The Kier molecular flexibility index (Phi) is 4.66. The SMILES string of the molecule is Cc1ccc2c(c1)C(N(CC1CCCCN1)C(C)C)CC2. The maximum absolute atomic E-state index is 3.72. The smallest absolute Gasteiger partial charge is 0.0357 e. The Morgan fingerprint density at radius 2 is 2.10 bits per heavy atom. The molecule has 0 bridgehead atoms. The van der Waals surface area contributed by atoms with Crippen LogP contribution in [0.15, 0.2) is 18.2 Å². The Morgan fingerprint density at radius 3 is 2.81 bits per heavy atom. The maximum Gasteiger partial charge on any atom is 0.0357 e. The number of fused-ring (bicyclic) bond motifs is 1. The van der Waals surface area contributed by atoms with Gasteiger partial charge < -0.3 is 5.32 Å². The lowest BCUT2D eigenvalue weighted by Crippen LogP contribution is -2.46. The van der Waals surface area contributed by atoms with Crippen LogP contribution in [-0.4, -0.2) is 30.1 Å². The highest BCUT2D eigenvalue weighted by atomic mass is 15.2. The molecule has 2 atom stereocenters. The minimum absolute atomic E-state index is 0.616. The highest BCUT2D eigenvalue weighted by Crippen LogP contribution is 2.37. The number of rotatable bonds is 4. The van der Waals surface area contributed by atoms with Crippen molar-refractivity contribution in [1.82, 2.24) is 10.2 Å². The van der Waals surface area contributed by atoms with Crippen molar-refractivity contribution < 1.29 is 0 Å². The molecule has 2 heteroatoms. The summed E-state index contributed by atoms with van der Waals surface area (Å²) in [5.74, 6) is 0. The Morgan fingerprint density at radius 1 is 1.24 bits per heavy atom. The van der Waals surface area contributed by atoms with Crippen LogP contribution in [0.25, 0.3) is 0 Å². The van der Waals surface area contributed by atoms with Crippen LogP contribution < -0.4 is 5.32 Å². The van der Waals surface area contributed by atoms with E-state index in [-0.39, 0.29) is 0 Å². The highest BCUT2D eigenvalue weighted by Gasteiger charge is 2.31. The van der Waals surface area contributed by atoms with E-state index in [1.165, 1.54) is 50.8 Å². The molecule has 1 aromatic rings. The second kappa shape index (κ2) is 6.50. The van der Waals surface area contributed by atoms with Crippen LogP contribution in [0.2, 0.25) is 0 Å². The summed E-state index contributed by atoms with van der Waals surface area (Å²) >= 11 is 0. The molecule has 1 fully saturated rings. The van der Waals surface area contributed by atoms with Crippen molar-refractivity contribution in [2.45, 2.75) is 71.0 Å². The molecular formula is C19H30N2. The summed E-state index contributed by atoms with van der Waals surface area (Å²) in [5, 5.41) is 3.72. The fourth-order valence-corrected chi connectivity index (χ4v) is 4.08. The predicted molar refractivity (Wildman–Crippen MR) is 89.7 cm³/mol. The van der Waals surface area contributed by atoms with Crippen LogP contribution in [0.4, 0.5) is 0 Å². The van der Waals surface area contributed by atoms with E-state index in [4.69, 9.17) is 0 Å². The molecule has 0 saturated carbocycles. The van der Waals surface area contributed by atoms with Gasteiger partial charge in [-0.05, 0) is 64.1 Å². The molecule has 1 aromatic carbocycles. The summed E-state index contributed by atoms with van der Waals surface area (Å²) in [4.78, 5) is 2.74. The number of hydrogen-bond acceptors (Lipinski definition) is 2. The topological polar surface area (TPSA) is 15.3 Å². The van der Waals surface area contributed by atoms with Crippen molar-refractivity contribution in [1.29, 1.82) is 0 Å². The van der Waals surface area contributed by atoms with E-state index < -0.39 is 0 Å². The molecule has 0 aromatic heterocycles. The maximum atomic E-state index is 3.72. The van der Waals surface area contributed by atoms with Gasteiger partial charge >= 0.3 is 0 Å². The van der Waals surface area contributed by atoms with Gasteiger partial charge in [0, 0.05) is 24.7 Å². The fraction of sp³-hybridized carbons (Fsp3) is 0.684. The molecule has 1 heterocycles. The predicted octanol–water partition coefficient (Wildman–Crippen LogP) is 3.83. The van der Waals surface area contributed by atoms with Crippen LogP contribution in [0.3, 0.4) is 0 Å². The molecule has 2 aliphatic rings. The van der Waals surface area contributed by atoms with Gasteiger partial charge in [0.2, 0.25) is 0 Å². The molecule has 1 N–H and O–H groups in total. The van der Waals surface area contributed by atoms with E-state index >= 15 is 0 Å². The lowest BCUT2D eigenvalue weighted by atomic mass is 10.00. The Bertz CT molecular complexity index is 474. The van der Waals surface area contributed by atoms with Crippen molar-refractivity contribution in [2.24, 2.45) is 0 Å². The number of nitrogens with zero attached hydrogens (tertiary/aromatic N) is 1. The number of benzene rings is 1. The van der Waals surface area contributed by atoms with E-state index in [1.54, 1.807) is 11.1 Å². The Balaban J connectivity index is 1.77. The van der Waals surface area contributed by atoms with Crippen LogP contribution in [0, 0.1) is 6.92 Å². The van der Waals surface area contributed by atoms with E-state index in [9.17, 15) is 0 Å². The molecule has 0 radical (unpaired) electrons. The third kappa shape index (κ3) is 3.32. The van der Waals surface area contributed by atoms with Gasteiger partial charge in [0.25, 0.3) is 0 Å². The van der Waals surface area contributed by atoms with E-state index in [0.29, 0.717) is 18.1 Å². The zero-order valence-electron chi connectivity index (χ0n) is 13.9. The largest absolute Gasteiger partial charge is 0.313 e. The zero-order valence-corrected chi connectivity index (χ0v) is 13.9. The molecule has 3 rings (SSSR count). The Hall–Kier alpha value is -0.860. The lowest BCUT2D eigenvalue weighted by Gasteiger charge is -2.37. The first-order valence-electron chi connectivity index (χ1n) is 8.73. The molecule has 21 heavy (non-hydrogen) atoms. The van der Waals surface area contributed by atoms with Crippen molar-refractivity contribution in [2.75, 3.05) is 13.1 Å². The van der Waals surface area contributed by atoms with E-state index in [1.807, 2.05) is 0 Å². The molecular weight excluding hydrogens is 256 g/mol. The molecule has 0 amide bonds. The summed E-state index contributed by atoms with van der Waals surface area (Å²) in [6.07, 6.45) is 6.63. The molecule has 2 nitrogen and oxygen atoms in total. The summed E-state index contributed by atoms with van der Waals surface area (Å²) in [6, 6.07) is 8.98. The summed E-state index contributed by atoms with van der Waals surface area (Å²) in [6.45, 7) is 9.35. The fourth-order valence-electron chi connectivity index (χ4n) is 4.08. The monoisotopic (exact) mass is 286 g/mol. The van der Waals surface area contributed by atoms with Crippen molar-refractivity contribution in [3.63, 3.8) is 0 Å². The first kappa shape index (κ1) is 15.1. The molecule has 1 saturated heterocycles. The standard InChI is InChI=1S/C19H30N2/c1-14(2)21(13-17-6-4-5-11-20-17)19-10-9-16-8-7-15(3)12-18(16)19/h7-8,12,14,17,19-20H,4-6,9-11,13H2,1-3H3. The van der Waals surface area contributed by atoms with Crippen LogP contribution in [0.1, 0.15) is 62.3 Å². The van der Waals surface area contributed by atoms with Gasteiger partial charge in [-0.15, -0.1) is 0 Å². The van der Waals surface area contributed by atoms with Crippen molar-refractivity contribution >= 4 is 0 Å². The van der Waals surface area contributed by atoms with Gasteiger partial charge in [0.1, 0.15) is 0 Å². The zero-order chi connectivity index (χ0) is 14.8. The van der Waals surface area contributed by atoms with Crippen LogP contribution in [0.5, 0.6) is 0 Å². The number of piperidine rings is 1. The van der Waals surface area contributed by atoms with Crippen LogP contribution >= 0.6 is 0 Å². The number of hydrogen-bond donors (Lipinski definition) is 1. The molecule has 116 valence electrons. The lowest BCUT2D eigenvalue weighted by molar-refractivity contribution is 0.128. The minimum atomic E-state index is 0.616. The van der Waals surface area contributed by atoms with Gasteiger partial charge in [-0.1, -0.05) is 30.2 Å². The van der Waals surface area contributed by atoms with Gasteiger partial charge in [-0.2, -0.15) is 0 Å². The molecule has 1 aliphatic heterocycles. The summed E-state index contributed by atoms with van der Waals surface area (Å²) in [7, 11) is 0. The normalized spacial score (nSPS) is 25.6. The average Bonchev–Trinajstić information content (AvgIpc) is 2.88. The van der Waals surface area contributed by atoms with Crippen molar-refractivity contribution in [3.05, 3.63) is 34.9 Å². The second-order valence-electron chi connectivity index (χ2n) is 7.19. The first-order valence-corrected chi connectivity index (χ1v) is 8.73. The average molecular weight is 286 g/mol. The Labute approximate surface area is 129 Å². The summed E-state index contributed by atoms with van der Waals surface area (Å²) in [5.41, 5.74) is 4.58. The van der Waals surface area contributed by atoms with Crippen molar-refractivity contribution in [3.8, 4) is 0 Å². The quantitative estimate of drug-likeness (QED) is 0.905. The summed E-state index contributed by atoms with van der Waals surface area (Å²) < 4.78 is 0. The number of aryl methyl sites for hydroxylation is 2. The third-order valence-corrected chi connectivity index (χ3v) is 5.25. The van der Waals surface area contributed by atoms with Gasteiger partial charge in [0.15, 0.2) is 0 Å². The van der Waals surface area contributed by atoms with Gasteiger partial charge in [0.05, 0.1) is 0 Å². The number of nitrogens with one attached hydrogen (secondary N) is 1. The highest BCUT2D eigenvalue weighted by molar-refractivity contribution is 5.37. The van der Waals surface area contributed by atoms with Gasteiger partial charge in [-0.25, -0.2) is 0 Å². The van der Waals surface area contributed by atoms with Crippen LogP contribution in [-0.2, 0) is 6.42 Å². The second-order valence-corrected chi connectivity index (χ2v) is 7.19.